The van der Waals surface area contributed by atoms with E-state index in [-0.39, 0.29) is 30.5 Å². The van der Waals surface area contributed by atoms with Crippen molar-refractivity contribution in [1.82, 2.24) is 4.90 Å². The Hall–Kier alpha value is -3.63. The second kappa shape index (κ2) is 11.6. The van der Waals surface area contributed by atoms with E-state index in [9.17, 15) is 18.4 Å². The summed E-state index contributed by atoms with van der Waals surface area (Å²) < 4.78 is 35.4. The molecule has 1 fully saturated rings. The monoisotopic (exact) mass is 545 g/mol. The van der Waals surface area contributed by atoms with Gasteiger partial charge in [-0.05, 0) is 42.0 Å². The maximum atomic E-state index is 13.2. The number of anilines is 1. The van der Waals surface area contributed by atoms with E-state index < -0.39 is 10.8 Å². The fraction of sp³-hybridized carbons (Fsp3) is 0.192. The molecule has 3 aromatic rings. The smallest absolute Gasteiger partial charge is 0.487 e. The number of aliphatic imine (C=N–C) groups is 1. The van der Waals surface area contributed by atoms with E-state index in [1.54, 1.807) is 24.3 Å². The Labute approximate surface area is 221 Å². The maximum Gasteiger partial charge on any atom is 0.487 e. The fourth-order valence-electron chi connectivity index (χ4n) is 3.52. The molecule has 1 aliphatic rings. The highest BCUT2D eigenvalue weighted by atomic mass is 35.5. The van der Waals surface area contributed by atoms with Crippen molar-refractivity contribution < 1.29 is 27.8 Å². The predicted octanol–water partition coefficient (Wildman–Crippen LogP) is 6.02. The summed E-state index contributed by atoms with van der Waals surface area (Å²) in [7, 11) is 1.53. The second-order valence-corrected chi connectivity index (χ2v) is 9.54. The van der Waals surface area contributed by atoms with Crippen LogP contribution in [-0.2, 0) is 16.1 Å². The van der Waals surface area contributed by atoms with Crippen molar-refractivity contribution in [2.45, 2.75) is 23.8 Å². The molecule has 7 nitrogen and oxygen atoms in total. The Bertz CT molecular complexity index is 1290. The van der Waals surface area contributed by atoms with E-state index in [0.717, 1.165) is 17.3 Å². The van der Waals surface area contributed by atoms with Crippen molar-refractivity contribution in [3.63, 3.8) is 0 Å². The molecule has 0 bridgehead atoms. The number of amides is 2. The number of thioether (sulfide) groups is 1. The number of hydrogen-bond donors (Lipinski definition) is 1. The number of rotatable bonds is 8. The van der Waals surface area contributed by atoms with Crippen LogP contribution in [0.3, 0.4) is 0 Å². The molecular weight excluding hydrogens is 524 g/mol. The van der Waals surface area contributed by atoms with Crippen LogP contribution in [0, 0.1) is 0 Å². The largest absolute Gasteiger partial charge is 0.497 e. The van der Waals surface area contributed by atoms with Gasteiger partial charge in [0.05, 0.1) is 19.3 Å². The summed E-state index contributed by atoms with van der Waals surface area (Å²) >= 11 is 5.97. The number of nitrogens with zero attached hydrogens (tertiary/aromatic N) is 2. The molecule has 0 unspecified atom stereocenters. The minimum absolute atomic E-state index is 0.0239. The lowest BCUT2D eigenvalue weighted by atomic mass is 10.2. The lowest BCUT2D eigenvalue weighted by Gasteiger charge is -2.32. The summed E-state index contributed by atoms with van der Waals surface area (Å²) in [5.74, 6) is -0.186. The first-order valence-corrected chi connectivity index (χ1v) is 12.4. The highest BCUT2D eigenvalue weighted by Gasteiger charge is 2.36. The molecule has 0 radical (unpaired) electrons. The molecule has 192 valence electrons. The van der Waals surface area contributed by atoms with Crippen LogP contribution < -0.4 is 14.8 Å². The molecule has 37 heavy (non-hydrogen) atoms. The fourth-order valence-corrected chi connectivity index (χ4v) is 4.71. The van der Waals surface area contributed by atoms with Crippen molar-refractivity contribution in [3.8, 4) is 11.5 Å². The number of benzene rings is 3. The quantitative estimate of drug-likeness (QED) is 0.350. The molecule has 3 aromatic carbocycles. The van der Waals surface area contributed by atoms with Gasteiger partial charge in [-0.2, -0.15) is 0 Å². The van der Waals surface area contributed by atoms with Crippen molar-refractivity contribution >= 4 is 51.7 Å². The SMILES string of the molecule is COc1cccc(NC(=O)[C@@H]2CC(=O)N(Cc3ccccc3)C(=Nc3ccc(OC(F)(F)Cl)cc3)S2)c1. The molecule has 1 saturated heterocycles. The van der Waals surface area contributed by atoms with Gasteiger partial charge < -0.3 is 14.8 Å². The van der Waals surface area contributed by atoms with Gasteiger partial charge in [-0.25, -0.2) is 4.99 Å². The molecule has 0 saturated carbocycles. The first kappa shape index (κ1) is 26.4. The molecule has 0 spiro atoms. The zero-order valence-corrected chi connectivity index (χ0v) is 21.1. The average molecular weight is 546 g/mol. The minimum atomic E-state index is -3.84. The molecule has 2 amide bonds. The molecule has 0 aromatic heterocycles. The molecule has 1 atom stereocenters. The average Bonchev–Trinajstić information content (AvgIpc) is 2.87. The number of amidine groups is 1. The van der Waals surface area contributed by atoms with Gasteiger partial charge >= 0.3 is 5.57 Å². The van der Waals surface area contributed by atoms with Gasteiger partial charge in [-0.1, -0.05) is 48.2 Å². The number of alkyl halides is 3. The molecule has 1 aliphatic heterocycles. The van der Waals surface area contributed by atoms with Crippen LogP contribution in [-0.4, -0.2) is 39.8 Å². The maximum absolute atomic E-state index is 13.2. The van der Waals surface area contributed by atoms with Gasteiger partial charge in [0.15, 0.2) is 5.17 Å². The molecule has 0 aliphatic carbocycles. The summed E-state index contributed by atoms with van der Waals surface area (Å²) in [5.41, 5.74) is -2.03. The number of ether oxygens (including phenoxy) is 2. The molecule has 11 heteroatoms. The third kappa shape index (κ3) is 7.43. The van der Waals surface area contributed by atoms with E-state index in [2.05, 4.69) is 15.0 Å². The number of carbonyl (C=O) groups excluding carboxylic acids is 2. The number of carbonyl (C=O) groups is 2. The number of halogens is 3. The summed E-state index contributed by atoms with van der Waals surface area (Å²) in [6.45, 7) is 0.259. The number of hydrogen-bond acceptors (Lipinski definition) is 6. The predicted molar refractivity (Wildman–Crippen MR) is 140 cm³/mol. The Morgan fingerprint density at radius 2 is 1.84 bits per heavy atom. The first-order valence-electron chi connectivity index (χ1n) is 11.1. The highest BCUT2D eigenvalue weighted by molar-refractivity contribution is 8.15. The van der Waals surface area contributed by atoms with Gasteiger partial charge in [-0.3, -0.25) is 14.5 Å². The van der Waals surface area contributed by atoms with Crippen LogP contribution in [0.2, 0.25) is 0 Å². The van der Waals surface area contributed by atoms with E-state index >= 15 is 0 Å². The lowest BCUT2D eigenvalue weighted by molar-refractivity contribution is -0.129. The van der Waals surface area contributed by atoms with Crippen molar-refractivity contribution in [1.29, 1.82) is 0 Å². The van der Waals surface area contributed by atoms with Crippen LogP contribution in [0.25, 0.3) is 0 Å². The Morgan fingerprint density at radius 3 is 2.51 bits per heavy atom. The van der Waals surface area contributed by atoms with Gasteiger partial charge in [-0.15, -0.1) is 8.78 Å². The Morgan fingerprint density at radius 1 is 1.11 bits per heavy atom. The minimum Gasteiger partial charge on any atom is -0.497 e. The topological polar surface area (TPSA) is 80.2 Å². The molecule has 1 heterocycles. The Balaban J connectivity index is 1.58. The van der Waals surface area contributed by atoms with Crippen LogP contribution in [0.15, 0.2) is 83.9 Å². The summed E-state index contributed by atoms with van der Waals surface area (Å²) in [6, 6.07) is 21.8. The lowest BCUT2D eigenvalue weighted by Crippen LogP contribution is -2.44. The van der Waals surface area contributed by atoms with Gasteiger partial charge in [0.25, 0.3) is 0 Å². The highest BCUT2D eigenvalue weighted by Crippen LogP contribution is 2.32. The molecule has 4 rings (SSSR count). The summed E-state index contributed by atoms with van der Waals surface area (Å²) in [5, 5.41) is 2.39. The van der Waals surface area contributed by atoms with Crippen LogP contribution >= 0.6 is 23.4 Å². The first-order chi connectivity index (χ1) is 17.7. The van der Waals surface area contributed by atoms with Crippen LogP contribution in [0.5, 0.6) is 11.5 Å². The zero-order chi connectivity index (χ0) is 26.4. The third-order valence-electron chi connectivity index (χ3n) is 5.25. The standard InChI is InChI=1S/C26H22ClF2N3O4S/c1-35-21-9-5-8-19(14-21)30-24(34)22-15-23(33)32(16-17-6-3-2-4-7-17)25(37-22)31-18-10-12-20(13-11-18)36-26(27,28)29/h2-14,22H,15-16H2,1H3,(H,30,34)/t22-/m0/s1. The van der Waals surface area contributed by atoms with Crippen LogP contribution in [0.1, 0.15) is 12.0 Å². The van der Waals surface area contributed by atoms with Gasteiger partial charge in [0.1, 0.15) is 16.7 Å². The molecule has 1 N–H and O–H groups in total. The van der Waals surface area contributed by atoms with E-state index in [1.807, 2.05) is 30.3 Å². The normalized spacial score (nSPS) is 17.0. The number of nitrogens with one attached hydrogen (secondary N) is 1. The van der Waals surface area contributed by atoms with Crippen molar-refractivity contribution in [2.24, 2.45) is 4.99 Å². The van der Waals surface area contributed by atoms with E-state index in [1.165, 1.54) is 36.3 Å². The van der Waals surface area contributed by atoms with E-state index in [0.29, 0.717) is 22.3 Å². The molecular formula is C26H22ClF2N3O4S. The summed E-state index contributed by atoms with van der Waals surface area (Å²) in [4.78, 5) is 32.3. The van der Waals surface area contributed by atoms with Gasteiger partial charge in [0.2, 0.25) is 11.8 Å². The van der Waals surface area contributed by atoms with E-state index in [4.69, 9.17) is 16.3 Å². The second-order valence-electron chi connectivity index (χ2n) is 7.93. The van der Waals surface area contributed by atoms with Gasteiger partial charge in [0, 0.05) is 29.8 Å². The van der Waals surface area contributed by atoms with Crippen LogP contribution in [0.4, 0.5) is 20.2 Å². The number of methoxy groups -OCH3 is 1. The summed E-state index contributed by atoms with van der Waals surface area (Å²) in [6.07, 6.45) is -0.0239. The van der Waals surface area contributed by atoms with Crippen molar-refractivity contribution in [3.05, 3.63) is 84.4 Å². The zero-order valence-electron chi connectivity index (χ0n) is 19.6. The Kier molecular flexibility index (Phi) is 8.30. The third-order valence-corrected chi connectivity index (χ3v) is 6.51. The van der Waals surface area contributed by atoms with Crippen molar-refractivity contribution in [2.75, 3.05) is 12.4 Å².